The molecule has 64 valence electrons. The summed E-state index contributed by atoms with van der Waals surface area (Å²) in [5.74, 6) is 0.603. The Morgan fingerprint density at radius 1 is 1.36 bits per heavy atom. The number of unbranched alkanes of at least 4 members (excludes halogenated alkanes) is 2. The summed E-state index contributed by atoms with van der Waals surface area (Å²) < 4.78 is 0. The molecule has 0 aliphatic heterocycles. The van der Waals surface area contributed by atoms with Crippen LogP contribution in [0, 0.1) is 5.92 Å². The van der Waals surface area contributed by atoms with Crippen molar-refractivity contribution in [1.29, 1.82) is 0 Å². The van der Waals surface area contributed by atoms with Gasteiger partial charge in [0.15, 0.2) is 0 Å². The minimum Gasteiger partial charge on any atom is -0.102 e. The van der Waals surface area contributed by atoms with Crippen molar-refractivity contribution in [2.75, 3.05) is 0 Å². The average Bonchev–Trinajstić information content (AvgIpc) is 2.03. The van der Waals surface area contributed by atoms with Crippen LogP contribution in [0.3, 0.4) is 0 Å². The van der Waals surface area contributed by atoms with E-state index in [4.69, 9.17) is 0 Å². The molecule has 0 nitrogen and oxygen atoms in total. The van der Waals surface area contributed by atoms with E-state index in [0.717, 1.165) is 0 Å². The Kier molecular flexibility index (Phi) is 7.23. The van der Waals surface area contributed by atoms with Crippen molar-refractivity contribution >= 4 is 0 Å². The third kappa shape index (κ3) is 5.90. The van der Waals surface area contributed by atoms with Crippen molar-refractivity contribution in [1.82, 2.24) is 0 Å². The van der Waals surface area contributed by atoms with Crippen molar-refractivity contribution < 1.29 is 0 Å². The second kappa shape index (κ2) is 7.59. The smallest absolute Gasteiger partial charge is 0.00563 e. The van der Waals surface area contributed by atoms with Crippen LogP contribution in [0.4, 0.5) is 0 Å². The molecule has 0 heterocycles. The first-order valence-corrected chi connectivity index (χ1v) is 4.60. The van der Waals surface area contributed by atoms with Gasteiger partial charge in [0.25, 0.3) is 0 Å². The molecule has 0 aromatic rings. The predicted octanol–water partition coefficient (Wildman–Crippen LogP) is 3.95. The first kappa shape index (κ1) is 10.5. The molecule has 0 saturated heterocycles. The van der Waals surface area contributed by atoms with Crippen molar-refractivity contribution in [3.8, 4) is 0 Å². The maximum absolute atomic E-state index is 3.81. The Morgan fingerprint density at radius 2 is 2.09 bits per heavy atom. The topological polar surface area (TPSA) is 0 Å². The molecule has 0 bridgehead atoms. The summed E-state index contributed by atoms with van der Waals surface area (Å²) >= 11 is 0. The van der Waals surface area contributed by atoms with Crippen LogP contribution in [-0.4, -0.2) is 0 Å². The molecule has 0 fully saturated rings. The van der Waals surface area contributed by atoms with Crippen molar-refractivity contribution in [2.24, 2.45) is 5.92 Å². The molecular formula is C11H20. The van der Waals surface area contributed by atoms with E-state index in [0.29, 0.717) is 5.92 Å². The molecule has 0 N–H and O–H groups in total. The second-order valence-corrected chi connectivity index (χ2v) is 2.92. The van der Waals surface area contributed by atoms with Crippen LogP contribution >= 0.6 is 0 Å². The number of hydrogen-bond donors (Lipinski definition) is 0. The third-order valence-corrected chi connectivity index (χ3v) is 1.88. The summed E-state index contributed by atoms with van der Waals surface area (Å²) in [5.41, 5.74) is 0. The zero-order valence-corrected chi connectivity index (χ0v) is 7.84. The SMILES string of the molecule is C=C[C@@H](/C=C/C)CCCCC. The highest BCUT2D eigenvalue weighted by atomic mass is 14.0. The van der Waals surface area contributed by atoms with Crippen LogP contribution in [0.25, 0.3) is 0 Å². The van der Waals surface area contributed by atoms with E-state index in [2.05, 4.69) is 32.6 Å². The van der Waals surface area contributed by atoms with E-state index < -0.39 is 0 Å². The molecule has 0 radical (unpaired) electrons. The van der Waals surface area contributed by atoms with Gasteiger partial charge >= 0.3 is 0 Å². The number of rotatable bonds is 6. The lowest BCUT2D eigenvalue weighted by atomic mass is 10.0. The summed E-state index contributed by atoms with van der Waals surface area (Å²) in [6, 6.07) is 0. The molecule has 0 aromatic carbocycles. The largest absolute Gasteiger partial charge is 0.102 e. The summed E-state index contributed by atoms with van der Waals surface area (Å²) in [6.45, 7) is 8.11. The molecule has 0 saturated carbocycles. The lowest BCUT2D eigenvalue weighted by Crippen LogP contribution is -1.90. The van der Waals surface area contributed by atoms with Crippen LogP contribution in [0.15, 0.2) is 24.8 Å². The first-order valence-electron chi connectivity index (χ1n) is 4.60. The summed E-state index contributed by atoms with van der Waals surface area (Å²) in [4.78, 5) is 0. The van der Waals surface area contributed by atoms with Crippen LogP contribution < -0.4 is 0 Å². The van der Waals surface area contributed by atoms with E-state index >= 15 is 0 Å². The van der Waals surface area contributed by atoms with Crippen molar-refractivity contribution in [3.05, 3.63) is 24.8 Å². The zero-order chi connectivity index (χ0) is 8.53. The molecule has 0 aliphatic carbocycles. The van der Waals surface area contributed by atoms with Gasteiger partial charge in [-0.05, 0) is 19.3 Å². The molecule has 11 heavy (non-hydrogen) atoms. The van der Waals surface area contributed by atoms with Crippen LogP contribution in [0.5, 0.6) is 0 Å². The third-order valence-electron chi connectivity index (χ3n) is 1.88. The van der Waals surface area contributed by atoms with E-state index in [1.54, 1.807) is 0 Å². The highest BCUT2D eigenvalue weighted by Crippen LogP contribution is 2.11. The van der Waals surface area contributed by atoms with Gasteiger partial charge in [0.05, 0.1) is 0 Å². The molecule has 0 unspecified atom stereocenters. The van der Waals surface area contributed by atoms with Gasteiger partial charge in [-0.25, -0.2) is 0 Å². The molecule has 1 atom stereocenters. The normalized spacial score (nSPS) is 13.6. The van der Waals surface area contributed by atoms with Crippen LogP contribution in [-0.2, 0) is 0 Å². The highest BCUT2D eigenvalue weighted by Gasteiger charge is 1.96. The van der Waals surface area contributed by atoms with Gasteiger partial charge in [0, 0.05) is 0 Å². The Morgan fingerprint density at radius 3 is 2.55 bits per heavy atom. The second-order valence-electron chi connectivity index (χ2n) is 2.92. The fourth-order valence-electron chi connectivity index (χ4n) is 1.17. The average molecular weight is 152 g/mol. The molecule has 0 rings (SSSR count). The maximum Gasteiger partial charge on any atom is -0.00563 e. The number of hydrogen-bond acceptors (Lipinski definition) is 0. The molecule has 0 heteroatoms. The Bertz CT molecular complexity index is 111. The standard InChI is InChI=1S/C11H20/c1-4-7-8-10-11(6-3)9-5-2/h5-6,9,11H,3-4,7-8,10H2,1-2H3/b9-5+/t11-/m0/s1. The maximum atomic E-state index is 3.81. The Hall–Kier alpha value is -0.520. The van der Waals surface area contributed by atoms with Gasteiger partial charge in [0.1, 0.15) is 0 Å². The molecule has 0 amide bonds. The molecule has 0 aliphatic rings. The van der Waals surface area contributed by atoms with E-state index in [1.165, 1.54) is 25.7 Å². The van der Waals surface area contributed by atoms with Crippen molar-refractivity contribution in [2.45, 2.75) is 39.5 Å². The minimum absolute atomic E-state index is 0.603. The lowest BCUT2D eigenvalue weighted by Gasteiger charge is -2.05. The van der Waals surface area contributed by atoms with Crippen molar-refractivity contribution in [3.63, 3.8) is 0 Å². The van der Waals surface area contributed by atoms with E-state index in [1.807, 2.05) is 6.08 Å². The van der Waals surface area contributed by atoms with E-state index in [-0.39, 0.29) is 0 Å². The molecular weight excluding hydrogens is 132 g/mol. The van der Waals surface area contributed by atoms with Gasteiger partial charge in [-0.1, -0.05) is 44.4 Å². The Labute approximate surface area is 71.0 Å². The lowest BCUT2D eigenvalue weighted by molar-refractivity contribution is 0.611. The Balaban J connectivity index is 3.44. The minimum atomic E-state index is 0.603. The van der Waals surface area contributed by atoms with Gasteiger partial charge in [-0.15, -0.1) is 6.58 Å². The quantitative estimate of drug-likeness (QED) is 0.399. The van der Waals surface area contributed by atoms with Gasteiger partial charge in [-0.3, -0.25) is 0 Å². The zero-order valence-electron chi connectivity index (χ0n) is 7.84. The van der Waals surface area contributed by atoms with Crippen LogP contribution in [0.2, 0.25) is 0 Å². The number of allylic oxidation sites excluding steroid dienone is 3. The summed E-state index contributed by atoms with van der Waals surface area (Å²) in [5, 5.41) is 0. The predicted molar refractivity (Wildman–Crippen MR) is 52.6 cm³/mol. The van der Waals surface area contributed by atoms with Crippen LogP contribution in [0.1, 0.15) is 39.5 Å². The fourth-order valence-corrected chi connectivity index (χ4v) is 1.17. The van der Waals surface area contributed by atoms with Gasteiger partial charge in [0.2, 0.25) is 0 Å². The van der Waals surface area contributed by atoms with Gasteiger partial charge < -0.3 is 0 Å². The van der Waals surface area contributed by atoms with E-state index in [9.17, 15) is 0 Å². The molecule has 0 spiro atoms. The highest BCUT2D eigenvalue weighted by molar-refractivity contribution is 4.95. The monoisotopic (exact) mass is 152 g/mol. The summed E-state index contributed by atoms with van der Waals surface area (Å²) in [6.07, 6.45) is 11.6. The molecule has 0 aromatic heterocycles. The van der Waals surface area contributed by atoms with Gasteiger partial charge in [-0.2, -0.15) is 0 Å². The summed E-state index contributed by atoms with van der Waals surface area (Å²) in [7, 11) is 0. The fraction of sp³-hybridized carbons (Fsp3) is 0.636. The first-order chi connectivity index (χ1) is 5.35.